The molecule has 0 amide bonds. The first-order chi connectivity index (χ1) is 7.24. The number of hydrogen-bond acceptors (Lipinski definition) is 3. The van der Waals surface area contributed by atoms with Gasteiger partial charge in [0.05, 0.1) is 10.3 Å². The minimum Gasteiger partial charge on any atom is -0.465 e. The zero-order valence-corrected chi connectivity index (χ0v) is 10.8. The van der Waals surface area contributed by atoms with Gasteiger partial charge in [0.2, 0.25) is 0 Å². The van der Waals surface area contributed by atoms with Crippen molar-refractivity contribution in [3.05, 3.63) is 44.4 Å². The smallest absolute Gasteiger partial charge is 0.117 e. The van der Waals surface area contributed by atoms with Crippen molar-refractivity contribution in [3.63, 3.8) is 0 Å². The van der Waals surface area contributed by atoms with E-state index in [1.54, 1.807) is 11.3 Å². The topological polar surface area (TPSA) is 25.2 Å². The average molecular weight is 286 g/mol. The van der Waals surface area contributed by atoms with Gasteiger partial charge < -0.3 is 9.73 Å². The summed E-state index contributed by atoms with van der Waals surface area (Å²) >= 11 is 5.20. The summed E-state index contributed by atoms with van der Waals surface area (Å²) in [5.74, 6) is 1.95. The predicted molar refractivity (Wildman–Crippen MR) is 66.0 cm³/mol. The molecule has 0 aliphatic heterocycles. The van der Waals surface area contributed by atoms with Gasteiger partial charge in [-0.15, -0.1) is 11.3 Å². The molecule has 1 N–H and O–H groups in total. The van der Waals surface area contributed by atoms with Gasteiger partial charge in [0.15, 0.2) is 0 Å². The van der Waals surface area contributed by atoms with Gasteiger partial charge in [-0.3, -0.25) is 0 Å². The molecule has 0 atom stereocenters. The molecule has 0 fully saturated rings. The van der Waals surface area contributed by atoms with E-state index in [1.165, 1.54) is 8.66 Å². The number of thiophene rings is 1. The molecular formula is C11H12BrNOS. The molecule has 15 heavy (non-hydrogen) atoms. The quantitative estimate of drug-likeness (QED) is 0.927. The fraction of sp³-hybridized carbons (Fsp3) is 0.273. The van der Waals surface area contributed by atoms with Crippen LogP contribution in [0.1, 0.15) is 16.4 Å². The molecule has 0 bridgehead atoms. The summed E-state index contributed by atoms with van der Waals surface area (Å²) in [4.78, 5) is 1.32. The second kappa shape index (κ2) is 4.96. The number of halogens is 1. The maximum Gasteiger partial charge on any atom is 0.117 e. The molecule has 0 unspecified atom stereocenters. The Bertz CT molecular complexity index is 395. The SMILES string of the molecule is Cc1ccc(CNCc2ccc(Br)s2)o1. The lowest BCUT2D eigenvalue weighted by atomic mass is 10.4. The Kier molecular flexibility index (Phi) is 3.61. The minimum atomic E-state index is 0.781. The minimum absolute atomic E-state index is 0.781. The van der Waals surface area contributed by atoms with Crippen molar-refractivity contribution in [3.8, 4) is 0 Å². The Labute approximate surface area is 101 Å². The fourth-order valence-electron chi connectivity index (χ4n) is 1.34. The molecule has 4 heteroatoms. The first-order valence-corrected chi connectivity index (χ1v) is 6.35. The summed E-state index contributed by atoms with van der Waals surface area (Å²) in [6, 6.07) is 8.18. The van der Waals surface area contributed by atoms with Crippen molar-refractivity contribution in [2.24, 2.45) is 0 Å². The van der Waals surface area contributed by atoms with Crippen LogP contribution in [0.25, 0.3) is 0 Å². The van der Waals surface area contributed by atoms with Gasteiger partial charge in [0, 0.05) is 11.4 Å². The third-order valence-corrected chi connectivity index (χ3v) is 3.65. The third kappa shape index (κ3) is 3.19. The second-order valence-corrected chi connectivity index (χ2v) is 5.87. The Morgan fingerprint density at radius 1 is 1.27 bits per heavy atom. The summed E-state index contributed by atoms with van der Waals surface area (Å²) in [5, 5.41) is 3.34. The van der Waals surface area contributed by atoms with Gasteiger partial charge in [-0.25, -0.2) is 0 Å². The molecule has 0 saturated heterocycles. The normalized spacial score (nSPS) is 10.8. The third-order valence-electron chi connectivity index (χ3n) is 2.02. The van der Waals surface area contributed by atoms with Crippen LogP contribution in [0, 0.1) is 6.92 Å². The molecule has 0 aromatic carbocycles. The van der Waals surface area contributed by atoms with E-state index in [0.717, 1.165) is 24.6 Å². The second-order valence-electron chi connectivity index (χ2n) is 3.32. The highest BCUT2D eigenvalue weighted by Crippen LogP contribution is 2.21. The van der Waals surface area contributed by atoms with Crippen molar-refractivity contribution < 1.29 is 4.42 Å². The molecule has 0 saturated carbocycles. The van der Waals surface area contributed by atoms with E-state index in [-0.39, 0.29) is 0 Å². The van der Waals surface area contributed by atoms with Gasteiger partial charge in [0.1, 0.15) is 11.5 Å². The molecule has 0 radical (unpaired) electrons. The van der Waals surface area contributed by atoms with E-state index < -0.39 is 0 Å². The predicted octanol–water partition coefficient (Wildman–Crippen LogP) is 3.70. The Balaban J connectivity index is 1.80. The maximum atomic E-state index is 5.46. The highest BCUT2D eigenvalue weighted by atomic mass is 79.9. The van der Waals surface area contributed by atoms with E-state index in [1.807, 2.05) is 19.1 Å². The van der Waals surface area contributed by atoms with E-state index in [4.69, 9.17) is 4.42 Å². The van der Waals surface area contributed by atoms with E-state index in [9.17, 15) is 0 Å². The Hall–Kier alpha value is -0.580. The summed E-state index contributed by atoms with van der Waals surface area (Å²) in [6.45, 7) is 3.62. The van der Waals surface area contributed by atoms with E-state index in [0.29, 0.717) is 0 Å². The van der Waals surface area contributed by atoms with Gasteiger partial charge in [0.25, 0.3) is 0 Å². The van der Waals surface area contributed by atoms with Crippen molar-refractivity contribution in [1.82, 2.24) is 5.32 Å². The van der Waals surface area contributed by atoms with Gasteiger partial charge in [-0.1, -0.05) is 0 Å². The van der Waals surface area contributed by atoms with Crippen LogP contribution < -0.4 is 5.32 Å². The maximum absolute atomic E-state index is 5.46. The van der Waals surface area contributed by atoms with Crippen LogP contribution in [0.5, 0.6) is 0 Å². The molecular weight excluding hydrogens is 274 g/mol. The van der Waals surface area contributed by atoms with Crippen LogP contribution in [-0.4, -0.2) is 0 Å². The molecule has 0 aliphatic rings. The number of furan rings is 1. The van der Waals surface area contributed by atoms with Crippen molar-refractivity contribution in [2.75, 3.05) is 0 Å². The molecule has 0 aliphatic carbocycles. The van der Waals surface area contributed by atoms with Crippen molar-refractivity contribution >= 4 is 27.3 Å². The Morgan fingerprint density at radius 3 is 2.73 bits per heavy atom. The van der Waals surface area contributed by atoms with Crippen LogP contribution in [-0.2, 0) is 13.1 Å². The lowest BCUT2D eigenvalue weighted by molar-refractivity contribution is 0.462. The van der Waals surface area contributed by atoms with E-state index in [2.05, 4.69) is 33.4 Å². The molecule has 80 valence electrons. The number of aryl methyl sites for hydroxylation is 1. The molecule has 2 rings (SSSR count). The number of nitrogens with one attached hydrogen (secondary N) is 1. The first-order valence-electron chi connectivity index (χ1n) is 4.74. The Morgan fingerprint density at radius 2 is 2.13 bits per heavy atom. The zero-order chi connectivity index (χ0) is 10.7. The molecule has 2 nitrogen and oxygen atoms in total. The molecule has 2 aromatic rings. The standard InChI is InChI=1S/C11H12BrNOS/c1-8-2-3-9(14-8)6-13-7-10-4-5-11(12)15-10/h2-5,13H,6-7H2,1H3. The van der Waals surface area contributed by atoms with Crippen LogP contribution in [0.4, 0.5) is 0 Å². The highest BCUT2D eigenvalue weighted by Gasteiger charge is 1.99. The molecule has 2 heterocycles. The lowest BCUT2D eigenvalue weighted by Crippen LogP contribution is -2.10. The summed E-state index contributed by atoms with van der Waals surface area (Å²) in [7, 11) is 0. The highest BCUT2D eigenvalue weighted by molar-refractivity contribution is 9.11. The average Bonchev–Trinajstić information content (AvgIpc) is 2.76. The summed E-state index contributed by atoms with van der Waals surface area (Å²) in [5.41, 5.74) is 0. The van der Waals surface area contributed by atoms with Gasteiger partial charge in [-0.2, -0.15) is 0 Å². The van der Waals surface area contributed by atoms with Crippen molar-refractivity contribution in [2.45, 2.75) is 20.0 Å². The fourth-order valence-corrected chi connectivity index (χ4v) is 2.79. The van der Waals surface area contributed by atoms with Crippen molar-refractivity contribution in [1.29, 1.82) is 0 Å². The first kappa shape index (κ1) is 10.9. The van der Waals surface area contributed by atoms with Crippen LogP contribution in [0.2, 0.25) is 0 Å². The van der Waals surface area contributed by atoms with Gasteiger partial charge >= 0.3 is 0 Å². The van der Waals surface area contributed by atoms with Crippen LogP contribution >= 0.6 is 27.3 Å². The summed E-state index contributed by atoms with van der Waals surface area (Å²) < 4.78 is 6.63. The van der Waals surface area contributed by atoms with E-state index >= 15 is 0 Å². The lowest BCUT2D eigenvalue weighted by Gasteiger charge is -1.99. The number of rotatable bonds is 4. The molecule has 2 aromatic heterocycles. The largest absolute Gasteiger partial charge is 0.465 e. The summed E-state index contributed by atoms with van der Waals surface area (Å²) in [6.07, 6.45) is 0. The monoisotopic (exact) mass is 285 g/mol. The van der Waals surface area contributed by atoms with Crippen LogP contribution in [0.15, 0.2) is 32.5 Å². The number of hydrogen-bond donors (Lipinski definition) is 1. The van der Waals surface area contributed by atoms with Crippen LogP contribution in [0.3, 0.4) is 0 Å². The molecule has 0 spiro atoms. The zero-order valence-electron chi connectivity index (χ0n) is 8.42. The van der Waals surface area contributed by atoms with Gasteiger partial charge in [-0.05, 0) is 47.1 Å².